The summed E-state index contributed by atoms with van der Waals surface area (Å²) in [4.78, 5) is 57.6. The molecule has 1 saturated heterocycles. The normalized spacial score (nSPS) is 22.3. The fourth-order valence-electron chi connectivity index (χ4n) is 3.37. The quantitative estimate of drug-likeness (QED) is 0.0739. The standard InChI is InChI=1S/C20H22N6O9/c1-10(28)32-8-13-15(33-11(2)29)16(34-12(3)30)19(35-13)25-9-22-14-17(21)23-20(24-18(14)25)26(31)6-4-5-7-27/h4-7,9,13,15-16,19H,8H2,1-3H3,(H2,21,23,24)/b5-4+,26-6-/t13-,15-,16-,19-/m1/s1. The van der Waals surface area contributed by atoms with Gasteiger partial charge in [0.25, 0.3) is 0 Å². The van der Waals surface area contributed by atoms with E-state index in [-0.39, 0.29) is 34.3 Å². The first-order valence-electron chi connectivity index (χ1n) is 10.2. The molecule has 1 fully saturated rings. The SMILES string of the molecule is CC(=O)OC[C@H]1O[C@@H](n2cnc3c(N)nc(/[N+]([O-])=C/C=C/C=O)nc32)[C@H](OC(C)=O)[C@@H]1OC(C)=O. The molecule has 35 heavy (non-hydrogen) atoms. The highest BCUT2D eigenvalue weighted by Gasteiger charge is 2.51. The topological polar surface area (TPSA) is 201 Å². The number of esters is 3. The summed E-state index contributed by atoms with van der Waals surface area (Å²) >= 11 is 0. The van der Waals surface area contributed by atoms with Crippen LogP contribution in [0.4, 0.5) is 11.8 Å². The molecule has 0 radical (unpaired) electrons. The minimum atomic E-state index is -1.19. The number of allylic oxidation sites excluding steroid dienone is 2. The number of nitrogen functional groups attached to an aromatic ring is 1. The molecule has 1 aliphatic rings. The average molecular weight is 490 g/mol. The van der Waals surface area contributed by atoms with Crippen molar-refractivity contribution in [3.05, 3.63) is 23.7 Å². The molecule has 0 saturated carbocycles. The smallest absolute Gasteiger partial charge is 0.437 e. The van der Waals surface area contributed by atoms with Crippen LogP contribution in [0.2, 0.25) is 0 Å². The van der Waals surface area contributed by atoms with Gasteiger partial charge in [0.1, 0.15) is 25.3 Å². The van der Waals surface area contributed by atoms with Gasteiger partial charge in [-0.1, -0.05) is 0 Å². The number of ether oxygens (including phenoxy) is 4. The summed E-state index contributed by atoms with van der Waals surface area (Å²) < 4.78 is 23.3. The van der Waals surface area contributed by atoms with Gasteiger partial charge in [0.2, 0.25) is 11.5 Å². The Hall–Kier alpha value is -4.40. The zero-order chi connectivity index (χ0) is 25.7. The van der Waals surface area contributed by atoms with Crippen LogP contribution in [0.15, 0.2) is 18.5 Å². The van der Waals surface area contributed by atoms with Crippen molar-refractivity contribution >= 4 is 53.3 Å². The first-order chi connectivity index (χ1) is 16.6. The van der Waals surface area contributed by atoms with E-state index in [4.69, 9.17) is 24.7 Å². The number of imidazole rings is 1. The second-order valence-electron chi connectivity index (χ2n) is 7.24. The van der Waals surface area contributed by atoms with Crippen molar-refractivity contribution in [3.8, 4) is 0 Å². The second kappa shape index (κ2) is 10.7. The number of hydrogen-bond acceptors (Lipinski definition) is 13. The number of carbonyl (C=O) groups is 4. The maximum atomic E-state index is 12.3. The molecular weight excluding hydrogens is 468 g/mol. The summed E-state index contributed by atoms with van der Waals surface area (Å²) in [6, 6.07) is 0. The zero-order valence-corrected chi connectivity index (χ0v) is 18.9. The molecule has 0 bridgehead atoms. The van der Waals surface area contributed by atoms with Crippen molar-refractivity contribution in [2.75, 3.05) is 12.3 Å². The van der Waals surface area contributed by atoms with Gasteiger partial charge >= 0.3 is 23.9 Å². The lowest BCUT2D eigenvalue weighted by Gasteiger charge is -2.23. The Morgan fingerprint density at radius 3 is 2.46 bits per heavy atom. The van der Waals surface area contributed by atoms with Crippen LogP contribution < -0.4 is 5.73 Å². The van der Waals surface area contributed by atoms with E-state index < -0.39 is 42.4 Å². The molecule has 2 aromatic rings. The molecule has 0 aromatic carbocycles. The number of aldehydes is 1. The van der Waals surface area contributed by atoms with Crippen LogP contribution in [-0.2, 0) is 38.1 Å². The third-order valence-corrected chi connectivity index (χ3v) is 4.66. The Morgan fingerprint density at radius 2 is 1.83 bits per heavy atom. The third-order valence-electron chi connectivity index (χ3n) is 4.66. The number of fused-ring (bicyclic) bond motifs is 1. The average Bonchev–Trinajstić information content (AvgIpc) is 3.33. The van der Waals surface area contributed by atoms with Crippen molar-refractivity contribution in [3.63, 3.8) is 0 Å². The molecule has 15 heteroatoms. The van der Waals surface area contributed by atoms with Crippen LogP contribution in [-0.4, -0.2) is 79.6 Å². The zero-order valence-electron chi connectivity index (χ0n) is 18.9. The van der Waals surface area contributed by atoms with Crippen LogP contribution >= 0.6 is 0 Å². The number of anilines is 1. The predicted octanol–water partition coefficient (Wildman–Crippen LogP) is -0.300. The van der Waals surface area contributed by atoms with E-state index in [9.17, 15) is 24.4 Å². The van der Waals surface area contributed by atoms with Crippen LogP contribution in [0.25, 0.3) is 11.2 Å². The fourth-order valence-corrected chi connectivity index (χ4v) is 3.37. The van der Waals surface area contributed by atoms with E-state index in [0.29, 0.717) is 6.29 Å². The maximum absolute atomic E-state index is 12.3. The number of rotatable bonds is 8. The molecule has 15 nitrogen and oxygen atoms in total. The van der Waals surface area contributed by atoms with Crippen molar-refractivity contribution < 1.29 is 42.9 Å². The lowest BCUT2D eigenvalue weighted by atomic mass is 10.1. The lowest BCUT2D eigenvalue weighted by molar-refractivity contribution is -0.363. The molecule has 0 aliphatic carbocycles. The van der Waals surface area contributed by atoms with Gasteiger partial charge in [0.15, 0.2) is 24.0 Å². The van der Waals surface area contributed by atoms with Crippen molar-refractivity contribution in [1.82, 2.24) is 19.5 Å². The Kier molecular flexibility index (Phi) is 7.70. The van der Waals surface area contributed by atoms with E-state index in [2.05, 4.69) is 15.0 Å². The monoisotopic (exact) mass is 490 g/mol. The Balaban J connectivity index is 2.08. The molecule has 0 amide bonds. The van der Waals surface area contributed by atoms with Crippen LogP contribution in [0, 0.1) is 5.21 Å². The first kappa shape index (κ1) is 25.2. The summed E-state index contributed by atoms with van der Waals surface area (Å²) in [5.74, 6) is -2.49. The minimum Gasteiger partial charge on any atom is -0.740 e. The molecule has 3 rings (SSSR count). The van der Waals surface area contributed by atoms with E-state index in [1.54, 1.807) is 0 Å². The molecule has 1 aliphatic heterocycles. The van der Waals surface area contributed by atoms with Gasteiger partial charge in [-0.15, -0.1) is 0 Å². The predicted molar refractivity (Wildman–Crippen MR) is 116 cm³/mol. The summed E-state index contributed by atoms with van der Waals surface area (Å²) in [5, 5.41) is 12.3. The van der Waals surface area contributed by atoms with Crippen molar-refractivity contribution in [2.24, 2.45) is 0 Å². The molecule has 186 valence electrons. The number of aromatic nitrogens is 4. The van der Waals surface area contributed by atoms with E-state index in [1.807, 2.05) is 0 Å². The van der Waals surface area contributed by atoms with Crippen LogP contribution in [0.3, 0.4) is 0 Å². The van der Waals surface area contributed by atoms with Gasteiger partial charge in [-0.2, -0.15) is 0 Å². The number of hydrogen-bond donors (Lipinski definition) is 1. The Bertz CT molecular complexity index is 1210. The van der Waals surface area contributed by atoms with E-state index in [0.717, 1.165) is 26.1 Å². The summed E-state index contributed by atoms with van der Waals surface area (Å²) in [6.45, 7) is 3.20. The summed E-state index contributed by atoms with van der Waals surface area (Å²) in [7, 11) is 0. The van der Waals surface area contributed by atoms with Crippen molar-refractivity contribution in [1.29, 1.82) is 0 Å². The molecule has 2 N–H and O–H groups in total. The Labute approximate surface area is 197 Å². The highest BCUT2D eigenvalue weighted by Crippen LogP contribution is 2.36. The number of nitrogens with two attached hydrogens (primary N) is 1. The van der Waals surface area contributed by atoms with Crippen LogP contribution in [0.5, 0.6) is 0 Å². The van der Waals surface area contributed by atoms with E-state index in [1.165, 1.54) is 23.9 Å². The molecule has 4 atom stereocenters. The molecule has 3 heterocycles. The summed E-state index contributed by atoms with van der Waals surface area (Å²) in [6.07, 6.45) is 0.512. The van der Waals surface area contributed by atoms with Gasteiger partial charge < -0.3 is 29.9 Å². The minimum absolute atomic E-state index is 0.0398. The molecular formula is C20H22N6O9. The van der Waals surface area contributed by atoms with Gasteiger partial charge in [0.05, 0.1) is 6.21 Å². The van der Waals surface area contributed by atoms with Crippen LogP contribution in [0.1, 0.15) is 27.0 Å². The van der Waals surface area contributed by atoms with Gasteiger partial charge in [-0.25, -0.2) is 9.72 Å². The fraction of sp³-hybridized carbons (Fsp3) is 0.400. The summed E-state index contributed by atoms with van der Waals surface area (Å²) in [5.41, 5.74) is 6.10. The molecule has 0 unspecified atom stereocenters. The highest BCUT2D eigenvalue weighted by atomic mass is 16.7. The largest absolute Gasteiger partial charge is 0.740 e. The lowest BCUT2D eigenvalue weighted by Crippen LogP contribution is -2.40. The third kappa shape index (κ3) is 5.75. The molecule has 0 spiro atoms. The van der Waals surface area contributed by atoms with Gasteiger partial charge in [0, 0.05) is 20.8 Å². The first-order valence-corrected chi connectivity index (χ1v) is 10.2. The molecule has 2 aromatic heterocycles. The number of carbonyl (C=O) groups excluding carboxylic acids is 4. The number of nitrogens with zero attached hydrogens (tertiary/aromatic N) is 5. The van der Waals surface area contributed by atoms with Gasteiger partial charge in [-0.3, -0.25) is 23.7 Å². The van der Waals surface area contributed by atoms with E-state index >= 15 is 0 Å². The van der Waals surface area contributed by atoms with Gasteiger partial charge in [-0.05, 0) is 22.1 Å². The van der Waals surface area contributed by atoms with Crippen molar-refractivity contribution in [2.45, 2.75) is 45.3 Å². The second-order valence-corrected chi connectivity index (χ2v) is 7.24. The Morgan fingerprint density at radius 1 is 1.14 bits per heavy atom. The highest BCUT2D eigenvalue weighted by molar-refractivity contribution is 5.83. The maximum Gasteiger partial charge on any atom is 0.437 e.